The molecule has 0 fully saturated rings. The summed E-state index contributed by atoms with van der Waals surface area (Å²) in [6.45, 7) is 7.21. The quantitative estimate of drug-likeness (QED) is 0.794. The van der Waals surface area contributed by atoms with Crippen molar-refractivity contribution in [2.75, 3.05) is 4.90 Å². The van der Waals surface area contributed by atoms with E-state index in [1.165, 1.54) is 16.8 Å². The van der Waals surface area contributed by atoms with Crippen LogP contribution < -0.4 is 10.8 Å². The summed E-state index contributed by atoms with van der Waals surface area (Å²) >= 11 is 0. The Kier molecular flexibility index (Phi) is 3.17. The lowest BCUT2D eigenvalue weighted by atomic mass is 10.1. The largest absolute Gasteiger partial charge is 0.366 e. The molecule has 1 unspecified atom stereocenters. The van der Waals surface area contributed by atoms with Gasteiger partial charge in [0.15, 0.2) is 0 Å². The summed E-state index contributed by atoms with van der Waals surface area (Å²) in [4.78, 5) is 7.25. The van der Waals surface area contributed by atoms with Crippen LogP contribution in [0.25, 0.3) is 0 Å². The van der Waals surface area contributed by atoms with E-state index in [9.17, 15) is 0 Å². The van der Waals surface area contributed by atoms with Gasteiger partial charge in [0.05, 0.1) is 6.61 Å². The predicted octanol–water partition coefficient (Wildman–Crippen LogP) is 2.24. The van der Waals surface area contributed by atoms with E-state index >= 15 is 0 Å². The summed E-state index contributed by atoms with van der Waals surface area (Å²) in [6, 6.07) is 7.46. The van der Waals surface area contributed by atoms with Gasteiger partial charge in [0.2, 0.25) is 0 Å². The summed E-state index contributed by atoms with van der Waals surface area (Å²) in [6.07, 6.45) is 1.12. The third kappa shape index (κ3) is 1.81. The Hall–Kier alpha value is -1.06. The number of nitrogens with zero attached hydrogens (tertiary/aromatic N) is 1. The molecule has 2 N–H and O–H groups in total. The molecule has 3 heteroatoms. The molecule has 1 atom stereocenters. The maximum Gasteiger partial charge on any atom is 0.0950 e. The molecule has 1 aliphatic rings. The Labute approximate surface area is 97.1 Å². The molecule has 3 nitrogen and oxygen atoms in total. The molecule has 88 valence electrons. The maximum atomic E-state index is 5.19. The lowest BCUT2D eigenvalue weighted by Crippen LogP contribution is -2.36. The Balaban J connectivity index is 2.44. The molecule has 16 heavy (non-hydrogen) atoms. The molecule has 2 rings (SSSR count). The van der Waals surface area contributed by atoms with Crippen LogP contribution in [0, 0.1) is 0 Å². The van der Waals surface area contributed by atoms with Crippen LogP contribution in [0.3, 0.4) is 0 Å². The van der Waals surface area contributed by atoms with Gasteiger partial charge < -0.3 is 4.90 Å². The fourth-order valence-corrected chi connectivity index (χ4v) is 2.75. The first-order valence-corrected chi connectivity index (χ1v) is 5.86. The van der Waals surface area contributed by atoms with Crippen molar-refractivity contribution in [1.29, 1.82) is 0 Å². The van der Waals surface area contributed by atoms with Crippen LogP contribution in [0.2, 0.25) is 0 Å². The molecular weight excluding hydrogens is 200 g/mol. The zero-order chi connectivity index (χ0) is 11.7. The summed E-state index contributed by atoms with van der Waals surface area (Å²) in [5.41, 5.74) is 3.93. The summed E-state index contributed by atoms with van der Waals surface area (Å²) in [5.74, 6) is 5.19. The van der Waals surface area contributed by atoms with Gasteiger partial charge in [-0.2, -0.15) is 0 Å². The predicted molar refractivity (Wildman–Crippen MR) is 66.2 cm³/mol. The number of hydrogen-bond acceptors (Lipinski definition) is 3. The van der Waals surface area contributed by atoms with Crippen LogP contribution in [0.5, 0.6) is 0 Å². The van der Waals surface area contributed by atoms with Crippen molar-refractivity contribution >= 4 is 5.69 Å². The van der Waals surface area contributed by atoms with Crippen molar-refractivity contribution in [1.82, 2.24) is 0 Å². The molecule has 1 aromatic rings. The highest BCUT2D eigenvalue weighted by atomic mass is 16.6. The Morgan fingerprint density at radius 1 is 1.50 bits per heavy atom. The zero-order valence-electron chi connectivity index (χ0n) is 10.2. The van der Waals surface area contributed by atoms with E-state index in [4.69, 9.17) is 10.7 Å². The average molecular weight is 220 g/mol. The van der Waals surface area contributed by atoms with Gasteiger partial charge in [-0.15, -0.1) is 0 Å². The molecule has 0 aromatic heterocycles. The van der Waals surface area contributed by atoms with Crippen molar-refractivity contribution in [2.45, 2.75) is 45.9 Å². The minimum Gasteiger partial charge on any atom is -0.366 e. The van der Waals surface area contributed by atoms with Crippen molar-refractivity contribution < 1.29 is 4.84 Å². The Bertz CT molecular complexity index is 376. The molecule has 0 aliphatic carbocycles. The van der Waals surface area contributed by atoms with E-state index in [1.54, 1.807) is 0 Å². The van der Waals surface area contributed by atoms with Gasteiger partial charge in [-0.05, 0) is 32.8 Å². The first-order chi connectivity index (χ1) is 7.65. The molecule has 0 bridgehead atoms. The van der Waals surface area contributed by atoms with Gasteiger partial charge >= 0.3 is 0 Å². The van der Waals surface area contributed by atoms with E-state index in [0.717, 1.165) is 6.42 Å². The summed E-state index contributed by atoms with van der Waals surface area (Å²) in [7, 11) is 0. The third-order valence-corrected chi connectivity index (χ3v) is 3.25. The number of benzene rings is 1. The van der Waals surface area contributed by atoms with Crippen LogP contribution in [-0.2, 0) is 17.9 Å². The smallest absolute Gasteiger partial charge is 0.0950 e. The summed E-state index contributed by atoms with van der Waals surface area (Å²) < 4.78 is 0. The minimum atomic E-state index is 0.485. The Morgan fingerprint density at radius 2 is 2.25 bits per heavy atom. The van der Waals surface area contributed by atoms with E-state index in [-0.39, 0.29) is 0 Å². The normalized spacial score (nSPS) is 19.3. The van der Waals surface area contributed by atoms with Crippen molar-refractivity contribution in [3.05, 3.63) is 29.3 Å². The summed E-state index contributed by atoms with van der Waals surface area (Å²) in [5, 5.41) is 0. The van der Waals surface area contributed by atoms with E-state index in [2.05, 4.69) is 43.9 Å². The fourth-order valence-electron chi connectivity index (χ4n) is 2.75. The number of para-hydroxylation sites is 1. The second kappa shape index (κ2) is 4.44. The van der Waals surface area contributed by atoms with E-state index in [1.807, 2.05) is 0 Å². The second-order valence-corrected chi connectivity index (χ2v) is 4.79. The number of anilines is 1. The highest BCUT2D eigenvalue weighted by Crippen LogP contribution is 2.36. The SMILES string of the molecule is CC(C)N1c2c(CON)cccc2CC1C. The molecule has 0 spiro atoms. The Morgan fingerprint density at radius 3 is 2.88 bits per heavy atom. The highest BCUT2D eigenvalue weighted by Gasteiger charge is 2.29. The van der Waals surface area contributed by atoms with Gasteiger partial charge in [-0.25, -0.2) is 5.90 Å². The molecule has 0 radical (unpaired) electrons. The number of rotatable bonds is 3. The van der Waals surface area contributed by atoms with Crippen LogP contribution in [0.4, 0.5) is 5.69 Å². The number of fused-ring (bicyclic) bond motifs is 1. The van der Waals surface area contributed by atoms with Crippen molar-refractivity contribution in [3.63, 3.8) is 0 Å². The van der Waals surface area contributed by atoms with Gasteiger partial charge in [0, 0.05) is 23.3 Å². The molecule has 0 amide bonds. The fraction of sp³-hybridized carbons (Fsp3) is 0.538. The second-order valence-electron chi connectivity index (χ2n) is 4.79. The molecule has 0 saturated carbocycles. The topological polar surface area (TPSA) is 38.5 Å². The van der Waals surface area contributed by atoms with Crippen LogP contribution in [-0.4, -0.2) is 12.1 Å². The van der Waals surface area contributed by atoms with Gasteiger partial charge in [-0.3, -0.25) is 4.84 Å². The number of nitrogens with two attached hydrogens (primary N) is 1. The zero-order valence-corrected chi connectivity index (χ0v) is 10.2. The third-order valence-electron chi connectivity index (χ3n) is 3.25. The van der Waals surface area contributed by atoms with E-state index in [0.29, 0.717) is 18.7 Å². The molecule has 0 saturated heterocycles. The van der Waals surface area contributed by atoms with Gasteiger partial charge in [0.1, 0.15) is 0 Å². The van der Waals surface area contributed by atoms with Crippen LogP contribution in [0.15, 0.2) is 18.2 Å². The number of hydrogen-bond donors (Lipinski definition) is 1. The molecule has 1 heterocycles. The molecular formula is C13H20N2O. The van der Waals surface area contributed by atoms with Crippen LogP contribution >= 0.6 is 0 Å². The molecule has 1 aromatic carbocycles. The lowest BCUT2D eigenvalue weighted by molar-refractivity contribution is 0.124. The van der Waals surface area contributed by atoms with Crippen LogP contribution in [0.1, 0.15) is 31.9 Å². The van der Waals surface area contributed by atoms with Crippen molar-refractivity contribution in [3.8, 4) is 0 Å². The average Bonchev–Trinajstić information content (AvgIpc) is 2.55. The molecule has 1 aliphatic heterocycles. The monoisotopic (exact) mass is 220 g/mol. The van der Waals surface area contributed by atoms with E-state index < -0.39 is 0 Å². The van der Waals surface area contributed by atoms with Gasteiger partial charge in [0.25, 0.3) is 0 Å². The first-order valence-electron chi connectivity index (χ1n) is 5.86. The highest BCUT2D eigenvalue weighted by molar-refractivity contribution is 5.64. The minimum absolute atomic E-state index is 0.485. The van der Waals surface area contributed by atoms with Gasteiger partial charge in [-0.1, -0.05) is 18.2 Å². The maximum absolute atomic E-state index is 5.19. The first kappa shape index (κ1) is 11.4. The lowest BCUT2D eigenvalue weighted by Gasteiger charge is -2.30. The van der Waals surface area contributed by atoms with Crippen molar-refractivity contribution in [2.24, 2.45) is 5.90 Å². The standard InChI is InChI=1S/C13H20N2O/c1-9(2)15-10(3)7-11-5-4-6-12(8-16-14)13(11)15/h4-6,9-10H,7-8,14H2,1-3H3.